The molecule has 0 saturated heterocycles. The van der Waals surface area contributed by atoms with Crippen LogP contribution in [0.15, 0.2) is 75.5 Å². The predicted octanol–water partition coefficient (Wildman–Crippen LogP) is 3.18. The molecule has 0 saturated carbocycles. The number of benzene rings is 2. The smallest absolute Gasteiger partial charge is 0.335 e. The van der Waals surface area contributed by atoms with Gasteiger partial charge in [0.1, 0.15) is 5.75 Å². The Hall–Kier alpha value is -3.98. The molecule has 0 bridgehead atoms. The highest BCUT2D eigenvalue weighted by molar-refractivity contribution is 6.30. The first-order valence-corrected chi connectivity index (χ1v) is 10.6. The van der Waals surface area contributed by atoms with Crippen LogP contribution in [0.1, 0.15) is 18.2 Å². The Morgan fingerprint density at radius 1 is 1.03 bits per heavy atom. The maximum absolute atomic E-state index is 13.0. The van der Waals surface area contributed by atoms with Crippen molar-refractivity contribution in [1.82, 2.24) is 24.1 Å². The molecule has 0 aliphatic rings. The first-order chi connectivity index (χ1) is 15.9. The fraction of sp³-hybridized carbons (Fsp3) is 0.174. The van der Waals surface area contributed by atoms with Crippen LogP contribution >= 0.6 is 11.6 Å². The molecule has 33 heavy (non-hydrogen) atoms. The number of nitrogens with one attached hydrogen (secondary N) is 1. The van der Waals surface area contributed by atoms with Crippen molar-refractivity contribution < 1.29 is 4.74 Å². The van der Waals surface area contributed by atoms with Gasteiger partial charge in [0.25, 0.3) is 0 Å². The molecule has 2 heterocycles. The van der Waals surface area contributed by atoms with Crippen molar-refractivity contribution in [3.8, 4) is 11.6 Å². The van der Waals surface area contributed by atoms with E-state index in [9.17, 15) is 9.59 Å². The van der Waals surface area contributed by atoms with Gasteiger partial charge in [-0.15, -0.1) is 0 Å². The third-order valence-electron chi connectivity index (χ3n) is 4.78. The Morgan fingerprint density at radius 2 is 1.76 bits per heavy atom. The number of hydrogen-bond acceptors (Lipinski definition) is 6. The quantitative estimate of drug-likeness (QED) is 0.471. The molecule has 0 fully saturated rings. The van der Waals surface area contributed by atoms with E-state index in [1.54, 1.807) is 49.5 Å². The summed E-state index contributed by atoms with van der Waals surface area (Å²) in [6.07, 6.45) is 3.17. The molecular weight excluding hydrogens is 444 g/mol. The van der Waals surface area contributed by atoms with Crippen molar-refractivity contribution >= 4 is 17.3 Å². The van der Waals surface area contributed by atoms with Crippen molar-refractivity contribution in [2.75, 3.05) is 0 Å². The Bertz CT molecular complexity index is 1450. The molecule has 0 unspecified atom stereocenters. The van der Waals surface area contributed by atoms with Gasteiger partial charge in [0.2, 0.25) is 11.5 Å². The normalized spacial score (nSPS) is 11.5. The summed E-state index contributed by atoms with van der Waals surface area (Å²) < 4.78 is 8.24. The minimum Gasteiger partial charge on any atom is -0.437 e. The van der Waals surface area contributed by atoms with Crippen LogP contribution in [0.2, 0.25) is 5.02 Å². The number of aromatic nitrogens is 5. The van der Waals surface area contributed by atoms with Crippen LogP contribution in [-0.4, -0.2) is 24.1 Å². The summed E-state index contributed by atoms with van der Waals surface area (Å²) in [6, 6.07) is 14.0. The number of ether oxygens (including phenoxy) is 1. The van der Waals surface area contributed by atoms with Crippen LogP contribution in [0.5, 0.6) is 11.6 Å². The SMILES string of the molecule is CCn1c(=O)[nH]/c(=N\c2ccc(Oc3cncc(C)n3)cc2)n(Cc2ccc(Cl)cc2)c1=O. The zero-order valence-corrected chi connectivity index (χ0v) is 18.8. The molecule has 0 spiro atoms. The first kappa shape index (κ1) is 22.2. The van der Waals surface area contributed by atoms with Gasteiger partial charge in [-0.1, -0.05) is 23.7 Å². The fourth-order valence-corrected chi connectivity index (χ4v) is 3.28. The van der Waals surface area contributed by atoms with E-state index in [2.05, 4.69) is 19.9 Å². The van der Waals surface area contributed by atoms with E-state index in [1.165, 1.54) is 10.8 Å². The second kappa shape index (κ2) is 9.66. The van der Waals surface area contributed by atoms with E-state index in [1.807, 2.05) is 19.1 Å². The number of H-pyrrole nitrogens is 1. The van der Waals surface area contributed by atoms with Gasteiger partial charge in [-0.3, -0.25) is 14.5 Å². The molecule has 0 amide bonds. The van der Waals surface area contributed by atoms with E-state index in [0.29, 0.717) is 22.3 Å². The molecule has 4 rings (SSSR count). The minimum atomic E-state index is -0.522. The van der Waals surface area contributed by atoms with Gasteiger partial charge in [-0.2, -0.15) is 0 Å². The summed E-state index contributed by atoms with van der Waals surface area (Å²) >= 11 is 5.97. The Labute approximate surface area is 193 Å². The number of hydrogen-bond donors (Lipinski definition) is 1. The van der Waals surface area contributed by atoms with E-state index in [-0.39, 0.29) is 18.7 Å². The van der Waals surface area contributed by atoms with Crippen molar-refractivity contribution in [3.63, 3.8) is 0 Å². The first-order valence-electron chi connectivity index (χ1n) is 10.2. The Kier molecular flexibility index (Phi) is 6.50. The average molecular weight is 465 g/mol. The molecule has 0 radical (unpaired) electrons. The monoisotopic (exact) mass is 464 g/mol. The third-order valence-corrected chi connectivity index (χ3v) is 5.03. The molecule has 0 atom stereocenters. The molecule has 4 aromatic rings. The number of nitrogens with zero attached hydrogens (tertiary/aromatic N) is 5. The number of aromatic amines is 1. The van der Waals surface area contributed by atoms with Gasteiger partial charge in [0.15, 0.2) is 0 Å². The van der Waals surface area contributed by atoms with Crippen LogP contribution < -0.4 is 21.7 Å². The maximum atomic E-state index is 13.0. The standard InChI is InChI=1S/C23H21ClN6O3/c1-3-29-22(31)28-21(30(23(29)32)14-16-4-6-17(24)7-5-16)27-18-8-10-19(11-9-18)33-20-13-25-12-15(2)26-20/h4-13H,3,14H2,1-2H3,(H,27,28,31). The summed E-state index contributed by atoms with van der Waals surface area (Å²) in [5, 5.41) is 0.597. The van der Waals surface area contributed by atoms with Crippen molar-refractivity contribution in [1.29, 1.82) is 0 Å². The van der Waals surface area contributed by atoms with Crippen LogP contribution in [0, 0.1) is 6.92 Å². The molecule has 10 heteroatoms. The van der Waals surface area contributed by atoms with Crippen LogP contribution in [-0.2, 0) is 13.1 Å². The highest BCUT2D eigenvalue weighted by atomic mass is 35.5. The van der Waals surface area contributed by atoms with Crippen LogP contribution in [0.3, 0.4) is 0 Å². The number of halogens is 1. The van der Waals surface area contributed by atoms with E-state index >= 15 is 0 Å². The minimum absolute atomic E-state index is 0.142. The summed E-state index contributed by atoms with van der Waals surface area (Å²) in [5.41, 5.74) is 1.29. The van der Waals surface area contributed by atoms with Gasteiger partial charge in [-0.25, -0.2) is 24.1 Å². The summed E-state index contributed by atoms with van der Waals surface area (Å²) in [5.74, 6) is 0.936. The van der Waals surface area contributed by atoms with Crippen molar-refractivity contribution in [2.24, 2.45) is 4.99 Å². The summed E-state index contributed by atoms with van der Waals surface area (Å²) in [4.78, 5) is 40.9. The average Bonchev–Trinajstić information content (AvgIpc) is 2.79. The largest absolute Gasteiger partial charge is 0.437 e. The lowest BCUT2D eigenvalue weighted by Gasteiger charge is -2.10. The van der Waals surface area contributed by atoms with Gasteiger partial charge in [-0.05, 0) is 55.8 Å². The van der Waals surface area contributed by atoms with E-state index < -0.39 is 11.4 Å². The molecule has 0 aliphatic carbocycles. The zero-order chi connectivity index (χ0) is 23.4. The van der Waals surface area contributed by atoms with E-state index in [0.717, 1.165) is 15.8 Å². The van der Waals surface area contributed by atoms with Crippen LogP contribution in [0.25, 0.3) is 0 Å². The molecular formula is C23H21ClN6O3. The number of rotatable bonds is 6. The third kappa shape index (κ3) is 5.27. The topological polar surface area (TPSA) is 107 Å². The second-order valence-electron chi connectivity index (χ2n) is 7.20. The van der Waals surface area contributed by atoms with Gasteiger partial charge in [0.05, 0.1) is 24.1 Å². The fourth-order valence-electron chi connectivity index (χ4n) is 3.16. The van der Waals surface area contributed by atoms with Gasteiger partial charge < -0.3 is 4.74 Å². The lowest BCUT2D eigenvalue weighted by molar-refractivity contribution is 0.458. The van der Waals surface area contributed by atoms with Crippen molar-refractivity contribution in [2.45, 2.75) is 26.9 Å². The summed E-state index contributed by atoms with van der Waals surface area (Å²) in [7, 11) is 0. The Balaban J connectivity index is 1.71. The zero-order valence-electron chi connectivity index (χ0n) is 18.0. The predicted molar refractivity (Wildman–Crippen MR) is 124 cm³/mol. The molecule has 1 N–H and O–H groups in total. The highest BCUT2D eigenvalue weighted by Crippen LogP contribution is 2.22. The summed E-state index contributed by atoms with van der Waals surface area (Å²) in [6.45, 7) is 4.02. The van der Waals surface area contributed by atoms with Gasteiger partial charge >= 0.3 is 11.4 Å². The second-order valence-corrected chi connectivity index (χ2v) is 7.64. The van der Waals surface area contributed by atoms with Gasteiger partial charge in [0, 0.05) is 17.8 Å². The van der Waals surface area contributed by atoms with E-state index in [4.69, 9.17) is 16.3 Å². The molecule has 0 aliphatic heterocycles. The lowest BCUT2D eigenvalue weighted by atomic mass is 10.2. The lowest BCUT2D eigenvalue weighted by Crippen LogP contribution is -2.49. The Morgan fingerprint density at radius 3 is 2.42 bits per heavy atom. The van der Waals surface area contributed by atoms with Crippen LogP contribution in [0.4, 0.5) is 5.69 Å². The number of aryl methyl sites for hydroxylation is 1. The molecule has 9 nitrogen and oxygen atoms in total. The molecule has 2 aromatic carbocycles. The molecule has 168 valence electrons. The molecule has 2 aromatic heterocycles. The highest BCUT2D eigenvalue weighted by Gasteiger charge is 2.09. The van der Waals surface area contributed by atoms with Crippen molar-refractivity contribution in [3.05, 3.63) is 104 Å². The maximum Gasteiger partial charge on any atom is 0.335 e.